The summed E-state index contributed by atoms with van der Waals surface area (Å²) in [5.41, 5.74) is 4.06. The molecule has 0 unspecified atom stereocenters. The molecule has 1 heterocycles. The number of benzene rings is 1. The van der Waals surface area contributed by atoms with Crippen molar-refractivity contribution in [2.24, 2.45) is 7.05 Å². The van der Waals surface area contributed by atoms with Gasteiger partial charge in [-0.25, -0.2) is 0 Å². The van der Waals surface area contributed by atoms with E-state index >= 15 is 0 Å². The first kappa shape index (κ1) is 25.4. The quantitative estimate of drug-likeness (QED) is 0.615. The van der Waals surface area contributed by atoms with E-state index in [1.807, 2.05) is 50.8 Å². The number of amides is 1. The summed E-state index contributed by atoms with van der Waals surface area (Å²) in [6, 6.07) is 5.80. The summed E-state index contributed by atoms with van der Waals surface area (Å²) in [6.45, 7) is 18.1. The summed E-state index contributed by atoms with van der Waals surface area (Å²) in [5.74, 6) is 0.692. The fourth-order valence-electron chi connectivity index (χ4n) is 3.17. The molecular weight excluding hydrogens is 394 g/mol. The van der Waals surface area contributed by atoms with Gasteiger partial charge in [-0.1, -0.05) is 58.9 Å². The standard InChI is InChI=1S/C22H29N3O2S.C2H6/c1-9-14(4)20-15(5)10-19(25(20)6)22(26)23-17-11-16(13(2)3)12-18(24-28-8)21(17)27-7;1-2/h9-13,24H,1,5H2,2-4,6-8H3,(H,23,26);1-2H3/b20-14+;. The van der Waals surface area contributed by atoms with Crippen molar-refractivity contribution in [1.82, 2.24) is 4.57 Å². The molecule has 0 saturated carbocycles. The van der Waals surface area contributed by atoms with E-state index in [-0.39, 0.29) is 5.91 Å². The van der Waals surface area contributed by atoms with E-state index in [9.17, 15) is 4.79 Å². The van der Waals surface area contributed by atoms with E-state index in [0.29, 0.717) is 23.0 Å². The molecule has 0 spiro atoms. The first-order valence-electron chi connectivity index (χ1n) is 10.0. The summed E-state index contributed by atoms with van der Waals surface area (Å²) in [5, 5.41) is 4.70. The van der Waals surface area contributed by atoms with E-state index in [1.54, 1.807) is 19.3 Å². The number of carbonyl (C=O) groups is 1. The number of nitrogens with zero attached hydrogens (tertiary/aromatic N) is 1. The zero-order chi connectivity index (χ0) is 23.0. The highest BCUT2D eigenvalue weighted by atomic mass is 32.2. The number of methoxy groups -OCH3 is 1. The molecule has 30 heavy (non-hydrogen) atoms. The van der Waals surface area contributed by atoms with Gasteiger partial charge in [-0.3, -0.25) is 4.79 Å². The summed E-state index contributed by atoms with van der Waals surface area (Å²) in [4.78, 5) is 13.1. The maximum absolute atomic E-state index is 13.1. The van der Waals surface area contributed by atoms with Gasteiger partial charge in [0.15, 0.2) is 5.75 Å². The first-order valence-corrected chi connectivity index (χ1v) is 11.3. The maximum Gasteiger partial charge on any atom is 0.272 e. The molecule has 5 nitrogen and oxygen atoms in total. The Labute approximate surface area is 185 Å². The van der Waals surface area contributed by atoms with Crippen molar-refractivity contribution in [3.63, 3.8) is 0 Å². The van der Waals surface area contributed by atoms with Crippen LogP contribution in [0.4, 0.5) is 11.4 Å². The van der Waals surface area contributed by atoms with Crippen molar-refractivity contribution >= 4 is 41.4 Å². The van der Waals surface area contributed by atoms with Crippen molar-refractivity contribution in [1.29, 1.82) is 0 Å². The monoisotopic (exact) mass is 429 g/mol. The second-order valence-corrected chi connectivity index (χ2v) is 7.53. The lowest BCUT2D eigenvalue weighted by Crippen LogP contribution is -2.29. The first-order chi connectivity index (χ1) is 14.2. The average Bonchev–Trinajstić information content (AvgIpc) is 3.03. The third-order valence-corrected chi connectivity index (χ3v) is 5.09. The lowest BCUT2D eigenvalue weighted by atomic mass is 10.0. The predicted molar refractivity (Wildman–Crippen MR) is 133 cm³/mol. The lowest BCUT2D eigenvalue weighted by molar-refractivity contribution is 0.101. The van der Waals surface area contributed by atoms with E-state index in [0.717, 1.165) is 27.4 Å². The minimum absolute atomic E-state index is 0.218. The van der Waals surface area contributed by atoms with Crippen molar-refractivity contribution in [3.8, 4) is 5.75 Å². The second kappa shape index (κ2) is 11.6. The molecule has 1 amide bonds. The third kappa shape index (κ3) is 5.51. The Bertz CT molecular complexity index is 1010. The maximum atomic E-state index is 13.1. The van der Waals surface area contributed by atoms with E-state index in [4.69, 9.17) is 4.74 Å². The van der Waals surface area contributed by atoms with E-state index in [2.05, 4.69) is 37.0 Å². The van der Waals surface area contributed by atoms with Crippen LogP contribution in [0.5, 0.6) is 5.75 Å². The fraction of sp³-hybridized carbons (Fsp3) is 0.375. The smallest absolute Gasteiger partial charge is 0.272 e. The van der Waals surface area contributed by atoms with Gasteiger partial charge in [0.2, 0.25) is 0 Å². The van der Waals surface area contributed by atoms with Crippen molar-refractivity contribution < 1.29 is 9.53 Å². The number of anilines is 2. The Morgan fingerprint density at radius 2 is 1.83 bits per heavy atom. The minimum atomic E-state index is -0.218. The highest BCUT2D eigenvalue weighted by Crippen LogP contribution is 2.38. The van der Waals surface area contributed by atoms with Crippen LogP contribution in [0.15, 0.2) is 30.9 Å². The number of rotatable bonds is 7. The van der Waals surface area contributed by atoms with Crippen molar-refractivity contribution in [2.45, 2.75) is 40.5 Å². The largest absolute Gasteiger partial charge is 0.492 e. The van der Waals surface area contributed by atoms with Crippen LogP contribution >= 0.6 is 11.9 Å². The number of allylic oxidation sites excluding steroid dienone is 1. The fourth-order valence-corrected chi connectivity index (χ4v) is 3.54. The summed E-state index contributed by atoms with van der Waals surface area (Å²) in [6.07, 6.45) is 3.71. The Balaban J connectivity index is 0.00000218. The normalized spacial score (nSPS) is 11.4. The van der Waals surface area contributed by atoms with E-state index < -0.39 is 0 Å². The van der Waals surface area contributed by atoms with Crippen LogP contribution in [0.25, 0.3) is 12.2 Å². The van der Waals surface area contributed by atoms with Gasteiger partial charge in [0.05, 0.1) is 23.8 Å². The number of hydrogen-bond acceptors (Lipinski definition) is 4. The van der Waals surface area contributed by atoms with Crippen LogP contribution in [-0.2, 0) is 7.05 Å². The average molecular weight is 430 g/mol. The molecule has 2 aromatic rings. The van der Waals surface area contributed by atoms with Gasteiger partial charge in [0, 0.05) is 13.3 Å². The Hall–Kier alpha value is -2.60. The number of nitrogens with one attached hydrogen (secondary N) is 2. The van der Waals surface area contributed by atoms with Crippen LogP contribution in [0.2, 0.25) is 0 Å². The zero-order valence-electron chi connectivity index (χ0n) is 19.5. The van der Waals surface area contributed by atoms with Gasteiger partial charge in [0.1, 0.15) is 5.69 Å². The van der Waals surface area contributed by atoms with Crippen LogP contribution in [0.1, 0.15) is 56.6 Å². The third-order valence-electron chi connectivity index (χ3n) is 4.67. The number of aromatic nitrogens is 1. The molecule has 2 rings (SSSR count). The SMILES string of the molecule is C=C/C(C)=c1\c(=C)cc(C(=O)Nc2cc(C(C)C)cc(NSC)c2OC)n1C.CC. The summed E-state index contributed by atoms with van der Waals surface area (Å²) >= 11 is 1.47. The molecule has 0 bridgehead atoms. The van der Waals surface area contributed by atoms with Gasteiger partial charge in [-0.05, 0) is 47.4 Å². The molecule has 0 atom stereocenters. The molecule has 0 radical (unpaired) electrons. The van der Waals surface area contributed by atoms with Gasteiger partial charge >= 0.3 is 0 Å². The van der Waals surface area contributed by atoms with Gasteiger partial charge in [-0.15, -0.1) is 0 Å². The summed E-state index contributed by atoms with van der Waals surface area (Å²) in [7, 11) is 3.46. The predicted octanol–water partition coefficient (Wildman–Crippen LogP) is 4.89. The van der Waals surface area contributed by atoms with Crippen LogP contribution in [0, 0.1) is 0 Å². The number of carbonyl (C=O) groups excluding carboxylic acids is 1. The molecule has 2 N–H and O–H groups in total. The topological polar surface area (TPSA) is 55.3 Å². The molecular formula is C24H35N3O2S. The number of ether oxygens (including phenoxy) is 1. The van der Waals surface area contributed by atoms with Crippen LogP contribution in [-0.4, -0.2) is 23.8 Å². The van der Waals surface area contributed by atoms with Crippen molar-refractivity contribution in [3.05, 3.63) is 52.7 Å². The molecule has 1 aromatic heterocycles. The summed E-state index contributed by atoms with van der Waals surface area (Å²) < 4.78 is 10.7. The molecule has 6 heteroatoms. The highest BCUT2D eigenvalue weighted by molar-refractivity contribution is 7.99. The highest BCUT2D eigenvalue weighted by Gasteiger charge is 2.18. The lowest BCUT2D eigenvalue weighted by Gasteiger charge is -2.18. The molecule has 0 aliphatic rings. The van der Waals surface area contributed by atoms with Gasteiger partial charge in [0.25, 0.3) is 5.91 Å². The molecule has 164 valence electrons. The Kier molecular flexibility index (Phi) is 9.79. The van der Waals surface area contributed by atoms with Gasteiger partial charge < -0.3 is 19.3 Å². The number of hydrogen-bond donors (Lipinski definition) is 2. The Morgan fingerprint density at radius 3 is 2.33 bits per heavy atom. The van der Waals surface area contributed by atoms with Crippen molar-refractivity contribution in [2.75, 3.05) is 23.4 Å². The van der Waals surface area contributed by atoms with Gasteiger partial charge in [-0.2, -0.15) is 0 Å². The minimum Gasteiger partial charge on any atom is -0.492 e. The van der Waals surface area contributed by atoms with E-state index in [1.165, 1.54) is 11.9 Å². The molecule has 0 saturated heterocycles. The molecule has 0 fully saturated rings. The molecule has 0 aliphatic heterocycles. The molecule has 0 aliphatic carbocycles. The second-order valence-electron chi connectivity index (χ2n) is 6.91. The zero-order valence-corrected chi connectivity index (χ0v) is 20.3. The molecule has 1 aromatic carbocycles. The van der Waals surface area contributed by atoms with Crippen LogP contribution in [0.3, 0.4) is 0 Å². The van der Waals surface area contributed by atoms with Crippen LogP contribution < -0.4 is 25.3 Å². The Morgan fingerprint density at radius 1 is 1.23 bits per heavy atom.